The minimum absolute atomic E-state index is 0.0613. The van der Waals surface area contributed by atoms with Gasteiger partial charge in [0.15, 0.2) is 11.5 Å². The molecule has 0 spiro atoms. The fraction of sp³-hybridized carbons (Fsp3) is 0.188. The molecule has 0 aliphatic carbocycles. The van der Waals surface area contributed by atoms with Gasteiger partial charge in [-0.15, -0.1) is 0 Å². The molecule has 0 unspecified atom stereocenters. The van der Waals surface area contributed by atoms with Crippen molar-refractivity contribution in [2.24, 2.45) is 0 Å². The van der Waals surface area contributed by atoms with Crippen LogP contribution in [-0.2, 0) is 14.8 Å². The van der Waals surface area contributed by atoms with Crippen LogP contribution in [0.4, 0.5) is 5.69 Å². The third-order valence-corrected chi connectivity index (χ3v) is 5.07. The van der Waals surface area contributed by atoms with Crippen LogP contribution in [0, 0.1) is 0 Å². The average molecular weight is 419 g/mol. The van der Waals surface area contributed by atoms with Gasteiger partial charge in [-0.2, -0.15) is 0 Å². The van der Waals surface area contributed by atoms with E-state index in [1.807, 2.05) is 0 Å². The topological polar surface area (TPSA) is 93.7 Å². The number of sulfonamides is 1. The third kappa shape index (κ3) is 5.25. The lowest BCUT2D eigenvalue weighted by Gasteiger charge is -2.11. The molecule has 1 amide bonds. The van der Waals surface area contributed by atoms with Gasteiger partial charge >= 0.3 is 0 Å². The largest absolute Gasteiger partial charge is 0.493 e. The van der Waals surface area contributed by atoms with Crippen molar-refractivity contribution in [2.45, 2.75) is 4.90 Å². The van der Waals surface area contributed by atoms with E-state index in [-0.39, 0.29) is 10.6 Å². The maximum absolute atomic E-state index is 12.3. The summed E-state index contributed by atoms with van der Waals surface area (Å²) in [5, 5.41) is 3.20. The molecule has 2 N–H and O–H groups in total. The summed E-state index contributed by atoms with van der Waals surface area (Å²) >= 11 is 11.7. The molecular weight excluding hydrogens is 403 g/mol. The highest BCUT2D eigenvalue weighted by Crippen LogP contribution is 2.29. The molecule has 0 fully saturated rings. The minimum atomic E-state index is -3.92. The molecule has 7 nitrogen and oxygen atoms in total. The van der Waals surface area contributed by atoms with E-state index >= 15 is 0 Å². The Balaban J connectivity index is 2.06. The first-order valence-electron chi connectivity index (χ1n) is 7.23. The molecule has 0 saturated heterocycles. The minimum Gasteiger partial charge on any atom is -0.493 e. The summed E-state index contributed by atoms with van der Waals surface area (Å²) in [6.07, 6.45) is 0. The molecule has 0 heterocycles. The number of rotatable bonds is 7. The van der Waals surface area contributed by atoms with E-state index < -0.39 is 22.5 Å². The first kappa shape index (κ1) is 20.3. The van der Waals surface area contributed by atoms with Crippen LogP contribution in [0.1, 0.15) is 0 Å². The zero-order chi connectivity index (χ0) is 19.3. The van der Waals surface area contributed by atoms with Crippen LogP contribution in [0.25, 0.3) is 0 Å². The van der Waals surface area contributed by atoms with Crippen LogP contribution in [0.15, 0.2) is 41.3 Å². The van der Waals surface area contributed by atoms with Crippen molar-refractivity contribution < 1.29 is 22.7 Å². The maximum Gasteiger partial charge on any atom is 0.241 e. The van der Waals surface area contributed by atoms with E-state index in [4.69, 9.17) is 32.7 Å². The van der Waals surface area contributed by atoms with E-state index in [1.54, 1.807) is 0 Å². The van der Waals surface area contributed by atoms with Crippen LogP contribution >= 0.6 is 23.2 Å². The lowest BCUT2D eigenvalue weighted by atomic mass is 10.3. The van der Waals surface area contributed by atoms with Crippen LogP contribution in [-0.4, -0.2) is 35.1 Å². The maximum atomic E-state index is 12.3. The van der Waals surface area contributed by atoms with Gasteiger partial charge < -0.3 is 14.8 Å². The average Bonchev–Trinajstić information content (AvgIpc) is 2.58. The number of halogens is 2. The second-order valence-corrected chi connectivity index (χ2v) is 7.69. The molecule has 26 heavy (non-hydrogen) atoms. The van der Waals surface area contributed by atoms with E-state index in [9.17, 15) is 13.2 Å². The molecular formula is C16H16Cl2N2O5S. The summed E-state index contributed by atoms with van der Waals surface area (Å²) in [5.74, 6) is 0.0720. The summed E-state index contributed by atoms with van der Waals surface area (Å²) in [6.45, 7) is -0.471. The number of methoxy groups -OCH3 is 2. The van der Waals surface area contributed by atoms with Gasteiger partial charge in [-0.25, -0.2) is 13.1 Å². The monoisotopic (exact) mass is 418 g/mol. The summed E-state index contributed by atoms with van der Waals surface area (Å²) in [7, 11) is -1.08. The van der Waals surface area contributed by atoms with E-state index in [2.05, 4.69) is 10.0 Å². The van der Waals surface area contributed by atoms with Crippen molar-refractivity contribution in [1.29, 1.82) is 0 Å². The molecule has 140 valence electrons. The smallest absolute Gasteiger partial charge is 0.241 e. The second kappa shape index (κ2) is 8.59. The Kier molecular flexibility index (Phi) is 6.71. The summed E-state index contributed by atoms with van der Waals surface area (Å²) in [4.78, 5) is 11.9. The molecule has 0 aliphatic rings. The van der Waals surface area contributed by atoms with Gasteiger partial charge in [-0.1, -0.05) is 23.2 Å². The lowest BCUT2D eigenvalue weighted by Crippen LogP contribution is -2.32. The van der Waals surface area contributed by atoms with Crippen molar-refractivity contribution in [3.05, 3.63) is 46.4 Å². The summed E-state index contributed by atoms with van der Waals surface area (Å²) in [6, 6.07) is 8.61. The Bertz CT molecular complexity index is 899. The fourth-order valence-corrected chi connectivity index (χ4v) is 3.58. The third-order valence-electron chi connectivity index (χ3n) is 3.23. The Morgan fingerprint density at radius 1 is 1.00 bits per heavy atom. The number of hydrogen-bond donors (Lipinski definition) is 2. The Hall–Kier alpha value is -2.00. The fourth-order valence-electron chi connectivity index (χ4n) is 2.06. The number of carbonyl (C=O) groups is 1. The van der Waals surface area contributed by atoms with Gasteiger partial charge in [0.1, 0.15) is 0 Å². The Labute approximate surface area is 161 Å². The molecule has 0 bridgehead atoms. The van der Waals surface area contributed by atoms with Crippen LogP contribution in [0.3, 0.4) is 0 Å². The molecule has 0 saturated carbocycles. The zero-order valence-corrected chi connectivity index (χ0v) is 16.2. The highest BCUT2D eigenvalue weighted by atomic mass is 35.5. The Morgan fingerprint density at radius 2 is 1.62 bits per heavy atom. The number of anilines is 1. The van der Waals surface area contributed by atoms with Crippen molar-refractivity contribution in [1.82, 2.24) is 4.72 Å². The van der Waals surface area contributed by atoms with Gasteiger partial charge in [-0.3, -0.25) is 4.79 Å². The normalized spacial score (nSPS) is 11.1. The van der Waals surface area contributed by atoms with Crippen LogP contribution in [0.5, 0.6) is 11.5 Å². The number of carbonyl (C=O) groups excluding carboxylic acids is 1. The first-order chi connectivity index (χ1) is 12.2. The van der Waals surface area contributed by atoms with Gasteiger partial charge in [0, 0.05) is 21.8 Å². The van der Waals surface area contributed by atoms with Crippen LogP contribution in [0.2, 0.25) is 10.0 Å². The highest BCUT2D eigenvalue weighted by Gasteiger charge is 2.18. The number of ether oxygens (including phenoxy) is 2. The summed E-state index contributed by atoms with van der Waals surface area (Å²) < 4.78 is 37.0. The van der Waals surface area contributed by atoms with Crippen molar-refractivity contribution in [2.75, 3.05) is 26.1 Å². The molecule has 2 aromatic rings. The SMILES string of the molecule is COc1ccc(S(=O)(=O)NCC(=O)Nc2cc(Cl)cc(Cl)c2)cc1OC. The molecule has 2 rings (SSSR count). The molecule has 10 heteroatoms. The number of hydrogen-bond acceptors (Lipinski definition) is 5. The van der Waals surface area contributed by atoms with Crippen molar-refractivity contribution >= 4 is 44.8 Å². The molecule has 0 radical (unpaired) electrons. The van der Waals surface area contributed by atoms with Crippen molar-refractivity contribution in [3.63, 3.8) is 0 Å². The van der Waals surface area contributed by atoms with Gasteiger partial charge in [-0.05, 0) is 30.3 Å². The zero-order valence-electron chi connectivity index (χ0n) is 13.9. The lowest BCUT2D eigenvalue weighted by molar-refractivity contribution is -0.115. The van der Waals surface area contributed by atoms with E-state index in [1.165, 1.54) is 50.6 Å². The van der Waals surface area contributed by atoms with Crippen molar-refractivity contribution in [3.8, 4) is 11.5 Å². The van der Waals surface area contributed by atoms with Gasteiger partial charge in [0.05, 0.1) is 25.7 Å². The quantitative estimate of drug-likeness (QED) is 0.720. The van der Waals surface area contributed by atoms with E-state index in [0.29, 0.717) is 21.5 Å². The van der Waals surface area contributed by atoms with Crippen LogP contribution < -0.4 is 19.5 Å². The Morgan fingerprint density at radius 3 is 2.19 bits per heavy atom. The second-order valence-electron chi connectivity index (χ2n) is 5.05. The first-order valence-corrected chi connectivity index (χ1v) is 9.46. The molecule has 0 atom stereocenters. The number of nitrogens with one attached hydrogen (secondary N) is 2. The van der Waals surface area contributed by atoms with Gasteiger partial charge in [0.25, 0.3) is 0 Å². The highest BCUT2D eigenvalue weighted by molar-refractivity contribution is 7.89. The molecule has 0 aromatic heterocycles. The summed E-state index contributed by atoms with van der Waals surface area (Å²) in [5.41, 5.74) is 0.359. The standard InChI is InChI=1S/C16H16Cl2N2O5S/c1-24-14-4-3-13(8-15(14)25-2)26(22,23)19-9-16(21)20-12-6-10(17)5-11(18)7-12/h3-8,19H,9H2,1-2H3,(H,20,21). The predicted molar refractivity (Wildman–Crippen MR) is 99.8 cm³/mol. The van der Waals surface area contributed by atoms with Gasteiger partial charge in [0.2, 0.25) is 15.9 Å². The molecule has 0 aliphatic heterocycles. The predicted octanol–water partition coefficient (Wildman–Crippen LogP) is 2.93. The molecule has 2 aromatic carbocycles. The van der Waals surface area contributed by atoms with E-state index in [0.717, 1.165) is 0 Å². The number of amides is 1. The number of benzene rings is 2.